The number of carbonyl (C=O) groups is 2. The molecule has 0 bridgehead atoms. The van der Waals surface area contributed by atoms with Crippen LogP contribution in [0.15, 0.2) is 42.6 Å². The molecule has 1 fully saturated rings. The maximum atomic E-state index is 11.8. The highest BCUT2D eigenvalue weighted by atomic mass is 16.5. The number of esters is 1. The van der Waals surface area contributed by atoms with Gasteiger partial charge in [0.2, 0.25) is 0 Å². The summed E-state index contributed by atoms with van der Waals surface area (Å²) in [5.74, 6) is 0.367. The summed E-state index contributed by atoms with van der Waals surface area (Å²) in [6.45, 7) is 3.27. The molecule has 0 aliphatic carbocycles. The van der Waals surface area contributed by atoms with Crippen molar-refractivity contribution in [2.45, 2.75) is 38.4 Å². The zero-order valence-electron chi connectivity index (χ0n) is 19.1. The summed E-state index contributed by atoms with van der Waals surface area (Å²) in [5, 5.41) is 10.5. The molecule has 1 saturated heterocycles. The second kappa shape index (κ2) is 9.25. The van der Waals surface area contributed by atoms with Crippen LogP contribution in [0, 0.1) is 6.92 Å². The number of methoxy groups -OCH3 is 2. The van der Waals surface area contributed by atoms with Crippen molar-refractivity contribution in [1.82, 2.24) is 9.47 Å². The maximum absolute atomic E-state index is 11.8. The zero-order valence-corrected chi connectivity index (χ0v) is 19.1. The van der Waals surface area contributed by atoms with Crippen LogP contribution in [0.5, 0.6) is 5.75 Å². The number of nitrogens with two attached hydrogens (primary N) is 1. The molecule has 0 saturated carbocycles. The van der Waals surface area contributed by atoms with Gasteiger partial charge in [0.1, 0.15) is 5.75 Å². The number of fused-ring (bicyclic) bond motifs is 1. The first-order chi connectivity index (χ1) is 15.8. The zero-order chi connectivity index (χ0) is 23.7. The number of hydrogen-bond acceptors (Lipinski definition) is 6. The number of likely N-dealkylation sites (tertiary alicyclic amines) is 1. The van der Waals surface area contributed by atoms with Gasteiger partial charge in [-0.15, -0.1) is 0 Å². The summed E-state index contributed by atoms with van der Waals surface area (Å²) in [6, 6.07) is 11.3. The molecule has 1 aliphatic rings. The quantitative estimate of drug-likeness (QED) is 0.566. The number of ether oxygens (including phenoxy) is 2. The van der Waals surface area contributed by atoms with Gasteiger partial charge in [-0.25, -0.2) is 9.59 Å². The van der Waals surface area contributed by atoms with Crippen molar-refractivity contribution < 1.29 is 24.2 Å². The summed E-state index contributed by atoms with van der Waals surface area (Å²) in [6.07, 6.45) is 2.21. The van der Waals surface area contributed by atoms with E-state index in [2.05, 4.69) is 4.90 Å². The normalized spacial score (nSPS) is 18.9. The van der Waals surface area contributed by atoms with Crippen LogP contribution in [0.25, 0.3) is 10.9 Å². The van der Waals surface area contributed by atoms with E-state index in [-0.39, 0.29) is 18.1 Å². The van der Waals surface area contributed by atoms with Crippen molar-refractivity contribution in [2.75, 3.05) is 20.8 Å². The number of rotatable bonds is 5. The first-order valence-electron chi connectivity index (χ1n) is 10.9. The third kappa shape index (κ3) is 4.31. The van der Waals surface area contributed by atoms with E-state index in [1.54, 1.807) is 25.4 Å². The van der Waals surface area contributed by atoms with Crippen LogP contribution < -0.4 is 10.5 Å². The third-order valence-electron chi connectivity index (χ3n) is 6.49. The van der Waals surface area contributed by atoms with Crippen LogP contribution in [-0.4, -0.2) is 53.4 Å². The average Bonchev–Trinajstić information content (AvgIpc) is 3.27. The van der Waals surface area contributed by atoms with Crippen LogP contribution in [0.1, 0.15) is 45.9 Å². The number of aromatic nitrogens is 1. The topological polar surface area (TPSA) is 107 Å². The predicted molar refractivity (Wildman–Crippen MR) is 125 cm³/mol. The predicted octanol–water partition coefficient (Wildman–Crippen LogP) is 3.94. The first-order valence-corrected chi connectivity index (χ1v) is 10.9. The van der Waals surface area contributed by atoms with Gasteiger partial charge in [0.05, 0.1) is 25.3 Å². The minimum atomic E-state index is -1.02. The van der Waals surface area contributed by atoms with Crippen molar-refractivity contribution in [2.24, 2.45) is 5.73 Å². The highest BCUT2D eigenvalue weighted by molar-refractivity contribution is 5.94. The van der Waals surface area contributed by atoms with Crippen LogP contribution in [-0.2, 0) is 11.3 Å². The van der Waals surface area contributed by atoms with Gasteiger partial charge in [-0.2, -0.15) is 0 Å². The lowest BCUT2D eigenvalue weighted by Gasteiger charge is -2.39. The highest BCUT2D eigenvalue weighted by Gasteiger charge is 2.30. The maximum Gasteiger partial charge on any atom is 0.416 e. The molecule has 3 aromatic rings. The van der Waals surface area contributed by atoms with Gasteiger partial charge in [0.25, 0.3) is 0 Å². The van der Waals surface area contributed by atoms with E-state index in [1.807, 2.05) is 31.2 Å². The Morgan fingerprint density at radius 3 is 2.55 bits per heavy atom. The Labute approximate surface area is 192 Å². The Hall–Kier alpha value is -3.36. The van der Waals surface area contributed by atoms with Gasteiger partial charge in [-0.1, -0.05) is 12.1 Å². The Bertz CT molecular complexity index is 1180. The molecule has 0 spiro atoms. The lowest BCUT2D eigenvalue weighted by atomic mass is 9.91. The fraction of sp³-hybridized carbons (Fsp3) is 0.360. The monoisotopic (exact) mass is 451 g/mol. The number of carboxylic acid groups (broad SMARTS) is 1. The van der Waals surface area contributed by atoms with Crippen LogP contribution >= 0.6 is 0 Å². The Kier molecular flexibility index (Phi) is 6.40. The Morgan fingerprint density at radius 1 is 1.18 bits per heavy atom. The molecule has 174 valence electrons. The first kappa shape index (κ1) is 22.8. The molecule has 1 aromatic heterocycles. The van der Waals surface area contributed by atoms with Gasteiger partial charge in [0.15, 0.2) is 0 Å². The molecule has 3 N–H and O–H groups in total. The van der Waals surface area contributed by atoms with Gasteiger partial charge in [0, 0.05) is 42.3 Å². The van der Waals surface area contributed by atoms with E-state index >= 15 is 0 Å². The average molecular weight is 452 g/mol. The van der Waals surface area contributed by atoms with Gasteiger partial charge >= 0.3 is 12.1 Å². The molecular weight excluding hydrogens is 422 g/mol. The second-order valence-corrected chi connectivity index (χ2v) is 8.49. The molecule has 8 nitrogen and oxygen atoms in total. The standard InChI is InChI=1S/C25H29N3O5/c1-15-12-22(32-2)20(19-9-11-28(23(15)19)25(30)31)14-27-10-8-18(26)13-21(27)16-4-6-17(7-5-16)24(29)33-3/h4-7,9,11-12,18,21H,8,10,13-14,26H2,1-3H3,(H,30,31). The van der Waals surface area contributed by atoms with E-state index in [0.717, 1.165) is 47.2 Å². The Morgan fingerprint density at radius 2 is 1.91 bits per heavy atom. The van der Waals surface area contributed by atoms with Gasteiger partial charge in [-0.3, -0.25) is 9.47 Å². The Balaban J connectivity index is 1.73. The molecule has 2 atom stereocenters. The molecular formula is C25H29N3O5. The van der Waals surface area contributed by atoms with E-state index in [1.165, 1.54) is 11.7 Å². The molecule has 1 aliphatic heterocycles. The fourth-order valence-electron chi connectivity index (χ4n) is 4.81. The summed E-state index contributed by atoms with van der Waals surface area (Å²) in [5.41, 5.74) is 10.4. The summed E-state index contributed by atoms with van der Waals surface area (Å²) >= 11 is 0. The SMILES string of the molecule is COC(=O)c1ccc(C2CC(N)CCN2Cc2c(OC)cc(C)c3c2ccn3C(=O)O)cc1. The van der Waals surface area contributed by atoms with Crippen molar-refractivity contribution in [3.63, 3.8) is 0 Å². The summed E-state index contributed by atoms with van der Waals surface area (Å²) in [4.78, 5) is 25.9. The molecule has 8 heteroatoms. The van der Waals surface area contributed by atoms with Gasteiger partial charge < -0.3 is 20.3 Å². The van der Waals surface area contributed by atoms with Gasteiger partial charge in [-0.05, 0) is 55.2 Å². The highest BCUT2D eigenvalue weighted by Crippen LogP contribution is 2.37. The van der Waals surface area contributed by atoms with Crippen LogP contribution in [0.3, 0.4) is 0 Å². The minimum absolute atomic E-state index is 0.0584. The van der Waals surface area contributed by atoms with E-state index in [0.29, 0.717) is 17.6 Å². The van der Waals surface area contributed by atoms with Crippen molar-refractivity contribution in [3.8, 4) is 5.75 Å². The number of benzene rings is 2. The molecule has 2 heterocycles. The second-order valence-electron chi connectivity index (χ2n) is 8.49. The van der Waals surface area contributed by atoms with E-state index in [9.17, 15) is 14.7 Å². The number of hydrogen-bond donors (Lipinski definition) is 2. The molecule has 0 radical (unpaired) electrons. The third-order valence-corrected chi connectivity index (χ3v) is 6.49. The summed E-state index contributed by atoms with van der Waals surface area (Å²) < 4.78 is 11.8. The largest absolute Gasteiger partial charge is 0.496 e. The number of piperidine rings is 1. The van der Waals surface area contributed by atoms with Crippen molar-refractivity contribution >= 4 is 23.0 Å². The van der Waals surface area contributed by atoms with Crippen LogP contribution in [0.2, 0.25) is 0 Å². The molecule has 33 heavy (non-hydrogen) atoms. The molecule has 2 aromatic carbocycles. The molecule has 0 amide bonds. The lowest BCUT2D eigenvalue weighted by molar-refractivity contribution is 0.0600. The van der Waals surface area contributed by atoms with E-state index in [4.69, 9.17) is 15.2 Å². The number of carbonyl (C=O) groups excluding carboxylic acids is 1. The van der Waals surface area contributed by atoms with Crippen molar-refractivity contribution in [1.29, 1.82) is 0 Å². The van der Waals surface area contributed by atoms with Crippen LogP contribution in [0.4, 0.5) is 4.79 Å². The minimum Gasteiger partial charge on any atom is -0.496 e. The fourth-order valence-corrected chi connectivity index (χ4v) is 4.81. The number of aryl methyl sites for hydroxylation is 1. The molecule has 2 unspecified atom stereocenters. The van der Waals surface area contributed by atoms with E-state index < -0.39 is 6.09 Å². The number of nitrogens with zero attached hydrogens (tertiary/aromatic N) is 2. The molecule has 4 rings (SSSR count). The lowest BCUT2D eigenvalue weighted by Crippen LogP contribution is -2.41. The van der Waals surface area contributed by atoms with Crippen molar-refractivity contribution in [3.05, 3.63) is 64.8 Å². The smallest absolute Gasteiger partial charge is 0.416 e. The summed E-state index contributed by atoms with van der Waals surface area (Å²) in [7, 11) is 3.00.